The van der Waals surface area contributed by atoms with Gasteiger partial charge in [-0.1, -0.05) is 96.1 Å². The van der Waals surface area contributed by atoms with Gasteiger partial charge in [0.15, 0.2) is 11.6 Å². The van der Waals surface area contributed by atoms with Crippen molar-refractivity contribution in [2.75, 3.05) is 0 Å². The van der Waals surface area contributed by atoms with Crippen molar-refractivity contribution in [1.82, 2.24) is 0 Å². The maximum atomic E-state index is 14.1. The van der Waals surface area contributed by atoms with Gasteiger partial charge in [-0.3, -0.25) is 9.59 Å². The number of Topliss-reactive ketones (excluding diaryl/α,β-unsaturated/α-hetero) is 2. The lowest BCUT2D eigenvalue weighted by Crippen LogP contribution is -2.15. The van der Waals surface area contributed by atoms with E-state index in [0.717, 1.165) is 33.4 Å². The number of fused-ring (bicyclic) bond motifs is 2. The highest BCUT2D eigenvalue weighted by molar-refractivity contribution is 6.24. The van der Waals surface area contributed by atoms with E-state index in [4.69, 9.17) is 0 Å². The number of allylic oxidation sites excluding steroid dienone is 2. The van der Waals surface area contributed by atoms with Gasteiger partial charge in [-0.15, -0.1) is 0 Å². The first-order valence-electron chi connectivity index (χ1n) is 12.5. The molecule has 0 aliphatic heterocycles. The summed E-state index contributed by atoms with van der Waals surface area (Å²) in [6, 6.07) is 28.5. The van der Waals surface area contributed by atoms with Gasteiger partial charge in [0.1, 0.15) is 0 Å². The molecule has 2 atom stereocenters. The molecule has 2 aliphatic rings. The van der Waals surface area contributed by atoms with Gasteiger partial charge in [-0.2, -0.15) is 0 Å². The molecule has 0 fully saturated rings. The Labute approximate surface area is 212 Å². The summed E-state index contributed by atoms with van der Waals surface area (Å²) in [5.41, 5.74) is 11.4. The fourth-order valence-corrected chi connectivity index (χ4v) is 6.28. The Kier molecular flexibility index (Phi) is 5.15. The van der Waals surface area contributed by atoms with Crippen molar-refractivity contribution >= 4 is 11.6 Å². The lowest BCUT2D eigenvalue weighted by Gasteiger charge is -2.23. The van der Waals surface area contributed by atoms with Crippen LogP contribution in [0.25, 0.3) is 0 Å². The summed E-state index contributed by atoms with van der Waals surface area (Å²) in [5, 5.41) is 0. The summed E-state index contributed by atoms with van der Waals surface area (Å²) < 4.78 is 0. The van der Waals surface area contributed by atoms with Gasteiger partial charge in [0.25, 0.3) is 0 Å². The van der Waals surface area contributed by atoms with E-state index in [9.17, 15) is 9.59 Å². The highest BCUT2D eigenvalue weighted by Gasteiger charge is 2.45. The zero-order chi connectivity index (χ0) is 25.1. The number of hydrogen-bond donors (Lipinski definition) is 0. The predicted molar refractivity (Wildman–Crippen MR) is 144 cm³/mol. The first-order chi connectivity index (χ1) is 17.4. The van der Waals surface area contributed by atoms with Gasteiger partial charge in [-0.25, -0.2) is 0 Å². The molecule has 0 unspecified atom stereocenters. The van der Waals surface area contributed by atoms with Crippen molar-refractivity contribution in [1.29, 1.82) is 0 Å². The third kappa shape index (κ3) is 3.25. The topological polar surface area (TPSA) is 34.1 Å². The van der Waals surface area contributed by atoms with Crippen LogP contribution in [0.5, 0.6) is 0 Å². The standard InChI is InChI=1S/C34H28O2/c1-19-13-15-23(21(3)17-19)29-25-9-5-7-11-27(25)33(35)31(29)32-30(24-16-14-20(2)18-22(24)4)26-10-6-8-12-28(26)34(32)36/h5-18,29-30H,1-4H3/b32-31+/t29-,30-/m1/s1. The normalized spacial score (nSPS) is 20.6. The third-order valence-corrected chi connectivity index (χ3v) is 7.86. The molecule has 36 heavy (non-hydrogen) atoms. The van der Waals surface area contributed by atoms with Gasteiger partial charge >= 0.3 is 0 Å². The average molecular weight is 469 g/mol. The van der Waals surface area contributed by atoms with Gasteiger partial charge < -0.3 is 0 Å². The number of aryl methyl sites for hydroxylation is 4. The van der Waals surface area contributed by atoms with Gasteiger partial charge in [0.05, 0.1) is 0 Å². The molecule has 0 aromatic heterocycles. The van der Waals surface area contributed by atoms with Crippen LogP contribution in [0, 0.1) is 27.7 Å². The minimum Gasteiger partial charge on any atom is -0.289 e. The molecule has 4 aromatic carbocycles. The maximum Gasteiger partial charge on any atom is 0.190 e. The van der Waals surface area contributed by atoms with E-state index < -0.39 is 0 Å². The molecular formula is C34H28O2. The Morgan fingerprint density at radius 3 is 1.25 bits per heavy atom. The molecular weight excluding hydrogens is 440 g/mol. The lowest BCUT2D eigenvalue weighted by molar-refractivity contribution is 0.100. The second-order valence-electron chi connectivity index (χ2n) is 10.2. The van der Waals surface area contributed by atoms with E-state index in [1.807, 2.05) is 48.5 Å². The van der Waals surface area contributed by atoms with E-state index >= 15 is 0 Å². The number of rotatable bonds is 2. The molecule has 0 saturated heterocycles. The summed E-state index contributed by atoms with van der Waals surface area (Å²) in [5.74, 6) is -0.588. The summed E-state index contributed by atoms with van der Waals surface area (Å²) >= 11 is 0. The molecule has 0 N–H and O–H groups in total. The molecule has 6 rings (SSSR count). The first-order valence-corrected chi connectivity index (χ1v) is 12.5. The Balaban J connectivity index is 1.70. The van der Waals surface area contributed by atoms with Crippen LogP contribution in [-0.4, -0.2) is 11.6 Å². The first kappa shape index (κ1) is 22.4. The molecule has 0 amide bonds. The smallest absolute Gasteiger partial charge is 0.190 e. The Hall–Kier alpha value is -4.04. The average Bonchev–Trinajstić information content (AvgIpc) is 3.30. The van der Waals surface area contributed by atoms with Crippen molar-refractivity contribution < 1.29 is 9.59 Å². The lowest BCUT2D eigenvalue weighted by atomic mass is 9.79. The second kappa shape index (κ2) is 8.27. The molecule has 0 heterocycles. The monoisotopic (exact) mass is 468 g/mol. The minimum absolute atomic E-state index is 0.0264. The number of ketones is 2. The second-order valence-corrected chi connectivity index (χ2v) is 10.2. The highest BCUT2D eigenvalue weighted by Crippen LogP contribution is 2.52. The molecule has 0 radical (unpaired) electrons. The van der Waals surface area contributed by atoms with Crippen LogP contribution in [0.4, 0.5) is 0 Å². The highest BCUT2D eigenvalue weighted by atomic mass is 16.1. The number of carbonyl (C=O) groups excluding carboxylic acids is 2. The molecule has 0 bridgehead atoms. The number of hydrogen-bond acceptors (Lipinski definition) is 2. The number of carbonyl (C=O) groups is 2. The van der Waals surface area contributed by atoms with Crippen LogP contribution in [0.2, 0.25) is 0 Å². The largest absolute Gasteiger partial charge is 0.289 e. The Bertz CT molecular complexity index is 1500. The van der Waals surface area contributed by atoms with Crippen molar-refractivity contribution in [3.63, 3.8) is 0 Å². The van der Waals surface area contributed by atoms with Crippen molar-refractivity contribution in [3.8, 4) is 0 Å². The van der Waals surface area contributed by atoms with Crippen LogP contribution in [0.1, 0.15) is 77.1 Å². The zero-order valence-electron chi connectivity index (χ0n) is 21.1. The van der Waals surface area contributed by atoms with E-state index in [2.05, 4.69) is 64.1 Å². The van der Waals surface area contributed by atoms with Gasteiger partial charge in [0.2, 0.25) is 0 Å². The molecule has 4 aromatic rings. The third-order valence-electron chi connectivity index (χ3n) is 7.86. The molecule has 0 spiro atoms. The molecule has 2 aliphatic carbocycles. The minimum atomic E-state index is -0.268. The zero-order valence-corrected chi connectivity index (χ0v) is 21.1. The van der Waals surface area contributed by atoms with Crippen LogP contribution in [0.3, 0.4) is 0 Å². The molecule has 176 valence electrons. The van der Waals surface area contributed by atoms with Crippen molar-refractivity contribution in [2.45, 2.75) is 39.5 Å². The number of benzene rings is 4. The van der Waals surface area contributed by atoms with E-state index in [1.165, 1.54) is 11.1 Å². The quantitative estimate of drug-likeness (QED) is 0.284. The van der Waals surface area contributed by atoms with E-state index in [0.29, 0.717) is 22.3 Å². The Morgan fingerprint density at radius 2 is 0.861 bits per heavy atom. The van der Waals surface area contributed by atoms with Crippen LogP contribution >= 0.6 is 0 Å². The fraction of sp³-hybridized carbons (Fsp3) is 0.176. The van der Waals surface area contributed by atoms with Crippen LogP contribution < -0.4 is 0 Å². The van der Waals surface area contributed by atoms with E-state index in [1.54, 1.807) is 0 Å². The van der Waals surface area contributed by atoms with Crippen molar-refractivity contribution in [2.24, 2.45) is 0 Å². The van der Waals surface area contributed by atoms with Gasteiger partial charge in [0, 0.05) is 34.1 Å². The summed E-state index contributed by atoms with van der Waals surface area (Å²) in [6.07, 6.45) is 0. The van der Waals surface area contributed by atoms with Crippen LogP contribution in [-0.2, 0) is 0 Å². The van der Waals surface area contributed by atoms with Crippen LogP contribution in [0.15, 0.2) is 96.1 Å². The SMILES string of the molecule is Cc1ccc([C@H]2/C(=C3\C(=O)c4ccccc4[C@H]3c3ccc(C)cc3C)C(=O)c3ccccc32)c(C)c1. The summed E-state index contributed by atoms with van der Waals surface area (Å²) in [6.45, 7) is 8.36. The fourth-order valence-electron chi connectivity index (χ4n) is 6.28. The Morgan fingerprint density at radius 1 is 0.472 bits per heavy atom. The van der Waals surface area contributed by atoms with Crippen molar-refractivity contribution in [3.05, 3.63) is 152 Å². The predicted octanol–water partition coefficient (Wildman–Crippen LogP) is 7.57. The van der Waals surface area contributed by atoms with E-state index in [-0.39, 0.29) is 23.4 Å². The molecule has 0 saturated carbocycles. The summed E-state index contributed by atoms with van der Waals surface area (Å²) in [4.78, 5) is 28.3. The maximum absolute atomic E-state index is 14.1. The van der Waals surface area contributed by atoms with Gasteiger partial charge in [-0.05, 0) is 61.1 Å². The molecule has 2 heteroatoms. The summed E-state index contributed by atoms with van der Waals surface area (Å²) in [7, 11) is 0. The molecule has 2 nitrogen and oxygen atoms in total.